The second-order valence-corrected chi connectivity index (χ2v) is 8.62. The quantitative estimate of drug-likeness (QED) is 0.770. The van der Waals surface area contributed by atoms with Crippen LogP contribution in [0, 0.1) is 41.5 Å². The molecule has 0 aliphatic rings. The highest BCUT2D eigenvalue weighted by molar-refractivity contribution is 7.89. The van der Waals surface area contributed by atoms with Crippen LogP contribution in [0.3, 0.4) is 0 Å². The first kappa shape index (κ1) is 19.3. The van der Waals surface area contributed by atoms with Gasteiger partial charge in [0.25, 0.3) is 0 Å². The van der Waals surface area contributed by atoms with Gasteiger partial charge in [-0.05, 0) is 63.8 Å². The van der Waals surface area contributed by atoms with Crippen molar-refractivity contribution in [3.63, 3.8) is 0 Å². The molecule has 0 saturated carbocycles. The largest absolute Gasteiger partial charge is 0.788 e. The Bertz CT molecular complexity index is 821. The van der Waals surface area contributed by atoms with Crippen LogP contribution in [-0.4, -0.2) is 11.0 Å². The zero-order valence-corrected chi connectivity index (χ0v) is 16.3. The van der Waals surface area contributed by atoms with Gasteiger partial charge < -0.3 is 9.46 Å². The molecule has 2 aromatic carbocycles. The van der Waals surface area contributed by atoms with Crippen molar-refractivity contribution < 1.29 is 19.0 Å². The van der Waals surface area contributed by atoms with Crippen LogP contribution in [0.4, 0.5) is 0 Å². The van der Waals surface area contributed by atoms with E-state index in [2.05, 4.69) is 0 Å². The van der Waals surface area contributed by atoms with Crippen LogP contribution in [0.1, 0.15) is 54.1 Å². The molecule has 4 nitrogen and oxygen atoms in total. The van der Waals surface area contributed by atoms with Crippen molar-refractivity contribution in [1.82, 2.24) is 0 Å². The molecule has 132 valence electrons. The zero-order valence-electron chi connectivity index (χ0n) is 15.4. The van der Waals surface area contributed by atoms with Gasteiger partial charge in [-0.15, -0.1) is 0 Å². The van der Waals surface area contributed by atoms with Gasteiger partial charge >= 0.3 is 0 Å². The first-order valence-electron chi connectivity index (χ1n) is 8.03. The first-order valence-corrected chi connectivity index (χ1v) is 9.65. The van der Waals surface area contributed by atoms with Gasteiger partial charge in [-0.1, -0.05) is 35.4 Å². The van der Waals surface area contributed by atoms with Crippen molar-refractivity contribution in [1.29, 1.82) is 0 Å². The van der Waals surface area contributed by atoms with Crippen molar-refractivity contribution in [3.05, 3.63) is 68.8 Å². The highest BCUT2D eigenvalue weighted by atomic mass is 31.2. The molecule has 0 heterocycles. The molecule has 0 aromatic heterocycles. The van der Waals surface area contributed by atoms with E-state index in [4.69, 9.17) is 0 Å². The van der Waals surface area contributed by atoms with Crippen molar-refractivity contribution >= 4 is 18.4 Å². The van der Waals surface area contributed by atoms with Crippen molar-refractivity contribution in [2.75, 3.05) is 0 Å². The number of carbonyl (C=O) groups is 2. The van der Waals surface area contributed by atoms with Crippen LogP contribution in [0.15, 0.2) is 24.3 Å². The number of aryl methyl sites for hydroxylation is 6. The summed E-state index contributed by atoms with van der Waals surface area (Å²) < 4.78 is 12.7. The number of hydrogen-bond acceptors (Lipinski definition) is 4. The van der Waals surface area contributed by atoms with Crippen molar-refractivity contribution in [2.45, 2.75) is 41.5 Å². The van der Waals surface area contributed by atoms with E-state index in [9.17, 15) is 19.0 Å². The van der Waals surface area contributed by atoms with Gasteiger partial charge in [0, 0.05) is 11.1 Å². The van der Waals surface area contributed by atoms with E-state index in [0.29, 0.717) is 22.3 Å². The molecule has 0 radical (unpaired) electrons. The average Bonchev–Trinajstić information content (AvgIpc) is 2.44. The fourth-order valence-electron chi connectivity index (χ4n) is 3.42. The summed E-state index contributed by atoms with van der Waals surface area (Å²) in [5, 5.41) is 0. The predicted octanol–water partition coefficient (Wildman–Crippen LogP) is 4.16. The minimum absolute atomic E-state index is 0.0969. The fraction of sp³-hybridized carbons (Fsp3) is 0.300. The molecule has 0 aliphatic carbocycles. The maximum Gasteiger partial charge on any atom is 0.215 e. The van der Waals surface area contributed by atoms with E-state index in [1.165, 1.54) is 0 Å². The van der Waals surface area contributed by atoms with Crippen LogP contribution in [0.2, 0.25) is 0 Å². The van der Waals surface area contributed by atoms with Crippen LogP contribution in [0.25, 0.3) is 0 Å². The van der Waals surface area contributed by atoms with Gasteiger partial charge in [0.05, 0.1) is 0 Å². The van der Waals surface area contributed by atoms with E-state index in [0.717, 1.165) is 11.1 Å². The predicted molar refractivity (Wildman–Crippen MR) is 97.6 cm³/mol. The van der Waals surface area contributed by atoms with E-state index in [-0.39, 0.29) is 11.1 Å². The van der Waals surface area contributed by atoms with Crippen LogP contribution < -0.4 is 4.89 Å². The molecule has 0 aliphatic heterocycles. The third-order valence-electron chi connectivity index (χ3n) is 4.32. The third-order valence-corrected chi connectivity index (χ3v) is 5.83. The summed E-state index contributed by atoms with van der Waals surface area (Å²) in [6, 6.07) is 6.97. The lowest BCUT2D eigenvalue weighted by Gasteiger charge is -2.24. The summed E-state index contributed by atoms with van der Waals surface area (Å²) in [6.45, 7) is 10.5. The Morgan fingerprint density at radius 2 is 0.920 bits per heavy atom. The Labute approximate surface area is 148 Å². The van der Waals surface area contributed by atoms with E-state index in [1.807, 2.05) is 13.8 Å². The van der Waals surface area contributed by atoms with Crippen molar-refractivity contribution in [2.24, 2.45) is 0 Å². The Morgan fingerprint density at radius 3 is 1.16 bits per heavy atom. The standard InChI is InChI=1S/C20H23O4P/c1-11-7-13(3)17(14(4)8-11)19(21)25(23,24)20(22)18-15(5)9-12(2)10-16(18)6/h7-10H,1-6H3,(H,23,24)/p-1. The molecule has 0 N–H and O–H groups in total. The van der Waals surface area contributed by atoms with Crippen molar-refractivity contribution in [3.8, 4) is 0 Å². The van der Waals surface area contributed by atoms with Gasteiger partial charge in [0.15, 0.2) is 7.37 Å². The van der Waals surface area contributed by atoms with Gasteiger partial charge in [-0.25, -0.2) is 0 Å². The Morgan fingerprint density at radius 1 is 0.680 bits per heavy atom. The van der Waals surface area contributed by atoms with E-state index < -0.39 is 18.4 Å². The zero-order chi connectivity index (χ0) is 19.1. The molecule has 0 atom stereocenters. The average molecular weight is 357 g/mol. The van der Waals surface area contributed by atoms with Gasteiger partial charge in [-0.2, -0.15) is 0 Å². The maximum absolute atomic E-state index is 12.7. The number of rotatable bonds is 4. The first-order chi connectivity index (χ1) is 11.5. The summed E-state index contributed by atoms with van der Waals surface area (Å²) in [4.78, 5) is 38.2. The summed E-state index contributed by atoms with van der Waals surface area (Å²) in [7, 11) is -4.98. The summed E-state index contributed by atoms with van der Waals surface area (Å²) in [5.41, 5.74) is 2.09. The van der Waals surface area contributed by atoms with Gasteiger partial charge in [-0.3, -0.25) is 9.59 Å². The lowest BCUT2D eigenvalue weighted by molar-refractivity contribution is -0.168. The van der Waals surface area contributed by atoms with Crippen LogP contribution in [0.5, 0.6) is 0 Å². The molecule has 0 amide bonds. The summed E-state index contributed by atoms with van der Waals surface area (Å²) in [5.74, 6) is 0. The molecule has 2 aromatic rings. The molecule has 0 spiro atoms. The lowest BCUT2D eigenvalue weighted by Crippen LogP contribution is -2.22. The topological polar surface area (TPSA) is 74.3 Å². The normalized spacial score (nSPS) is 11.5. The molecule has 25 heavy (non-hydrogen) atoms. The second-order valence-electron chi connectivity index (χ2n) is 6.71. The number of hydrogen-bond donors (Lipinski definition) is 0. The Kier molecular flexibility index (Phi) is 5.17. The maximum atomic E-state index is 12.7. The minimum atomic E-state index is -4.98. The van der Waals surface area contributed by atoms with Crippen LogP contribution in [-0.2, 0) is 4.57 Å². The van der Waals surface area contributed by atoms with Crippen LogP contribution >= 0.6 is 7.37 Å². The lowest BCUT2D eigenvalue weighted by atomic mass is 10.0. The molecule has 0 unspecified atom stereocenters. The molecule has 2 rings (SSSR count). The van der Waals surface area contributed by atoms with Gasteiger partial charge in [0.1, 0.15) is 0 Å². The Hall–Kier alpha value is -2.03. The highest BCUT2D eigenvalue weighted by Crippen LogP contribution is 2.46. The molecule has 5 heteroatoms. The second kappa shape index (κ2) is 6.70. The Balaban J connectivity index is 2.58. The minimum Gasteiger partial charge on any atom is -0.788 e. The third kappa shape index (κ3) is 3.51. The highest BCUT2D eigenvalue weighted by Gasteiger charge is 2.33. The summed E-state index contributed by atoms with van der Waals surface area (Å²) in [6.07, 6.45) is 0. The molecular formula is C20H22O4P-. The fourth-order valence-corrected chi connectivity index (χ4v) is 4.90. The number of carbonyl (C=O) groups excluding carboxylic acids is 2. The monoisotopic (exact) mass is 357 g/mol. The molecular weight excluding hydrogens is 335 g/mol. The van der Waals surface area contributed by atoms with E-state index >= 15 is 0 Å². The smallest absolute Gasteiger partial charge is 0.215 e. The van der Waals surface area contributed by atoms with E-state index in [1.54, 1.807) is 52.0 Å². The molecule has 0 bridgehead atoms. The SMILES string of the molecule is Cc1cc(C)c(C(=O)P(=O)([O-])C(=O)c2c(C)cc(C)cc2C)c(C)c1. The summed E-state index contributed by atoms with van der Waals surface area (Å²) >= 11 is 0. The van der Waals surface area contributed by atoms with Gasteiger partial charge in [0.2, 0.25) is 11.0 Å². The molecule has 0 fully saturated rings. The number of benzene rings is 2. The molecule has 0 saturated heterocycles.